The minimum atomic E-state index is -5.15. The SMILES string of the molecule is CC/C(=C\c1ccc(CO)o1)CC[C@H]1OC[C@H]2C1=C(COc1ccccc1)C[C@H]1C(=O)N(c3cc(C(F)(F)F)cc(C(F)(F)F)c3)C(=O)[C@H]12. The molecule has 3 aromatic rings. The first kappa shape index (κ1) is 34.5. The van der Waals surface area contributed by atoms with Gasteiger partial charge in [0, 0.05) is 5.92 Å². The number of fused-ring (bicyclic) bond motifs is 3. The lowest BCUT2D eigenvalue weighted by atomic mass is 9.69. The largest absolute Gasteiger partial charge is 0.489 e. The summed E-state index contributed by atoms with van der Waals surface area (Å²) in [6.07, 6.45) is -7.08. The summed E-state index contributed by atoms with van der Waals surface area (Å²) in [6, 6.07) is 13.1. The molecule has 3 heterocycles. The van der Waals surface area contributed by atoms with E-state index >= 15 is 0 Å². The molecule has 0 spiro atoms. The van der Waals surface area contributed by atoms with Gasteiger partial charge in [-0.25, -0.2) is 4.90 Å². The van der Waals surface area contributed by atoms with Crippen molar-refractivity contribution in [2.45, 2.75) is 57.7 Å². The van der Waals surface area contributed by atoms with Gasteiger partial charge < -0.3 is 19.0 Å². The highest BCUT2D eigenvalue weighted by atomic mass is 19.4. The molecule has 7 nitrogen and oxygen atoms in total. The Morgan fingerprint density at radius 2 is 1.65 bits per heavy atom. The Labute approximate surface area is 277 Å². The van der Waals surface area contributed by atoms with E-state index in [1.807, 2.05) is 19.1 Å². The van der Waals surface area contributed by atoms with Crippen LogP contribution in [0, 0.1) is 17.8 Å². The van der Waals surface area contributed by atoms with Crippen molar-refractivity contribution in [3.05, 3.63) is 100 Å². The number of carbonyl (C=O) groups is 2. The predicted molar refractivity (Wildman–Crippen MR) is 165 cm³/mol. The van der Waals surface area contributed by atoms with Crippen LogP contribution in [0.15, 0.2) is 81.8 Å². The molecule has 6 rings (SSSR count). The molecule has 2 saturated heterocycles. The smallest absolute Gasteiger partial charge is 0.416 e. The van der Waals surface area contributed by atoms with Crippen LogP contribution in [0.3, 0.4) is 0 Å². The van der Waals surface area contributed by atoms with Gasteiger partial charge >= 0.3 is 12.4 Å². The summed E-state index contributed by atoms with van der Waals surface area (Å²) < 4.78 is 100. The fraction of sp³-hybridized carbons (Fsp3) is 0.389. The third-order valence-electron chi connectivity index (χ3n) is 9.36. The van der Waals surface area contributed by atoms with Crippen molar-refractivity contribution in [1.29, 1.82) is 0 Å². The second-order valence-electron chi connectivity index (χ2n) is 12.4. The molecule has 1 N–H and O–H groups in total. The van der Waals surface area contributed by atoms with Gasteiger partial charge in [0.25, 0.3) is 0 Å². The van der Waals surface area contributed by atoms with Gasteiger partial charge in [-0.3, -0.25) is 9.59 Å². The normalized spacial score (nSPS) is 22.9. The van der Waals surface area contributed by atoms with Crippen LogP contribution in [0.25, 0.3) is 6.08 Å². The van der Waals surface area contributed by atoms with Crippen molar-refractivity contribution >= 4 is 23.6 Å². The van der Waals surface area contributed by atoms with E-state index in [1.165, 1.54) is 0 Å². The Hall–Kier alpha value is -4.36. The number of furan rings is 1. The lowest BCUT2D eigenvalue weighted by Gasteiger charge is -2.31. The number of hydrogen-bond donors (Lipinski definition) is 1. The molecule has 13 heteroatoms. The molecule has 0 unspecified atom stereocenters. The first-order chi connectivity index (χ1) is 23.3. The average molecular weight is 690 g/mol. The summed E-state index contributed by atoms with van der Waals surface area (Å²) in [5.74, 6) is -2.83. The molecule has 2 aliphatic heterocycles. The number of halogens is 6. The number of rotatable bonds is 10. The van der Waals surface area contributed by atoms with Gasteiger partial charge in [-0.2, -0.15) is 26.3 Å². The van der Waals surface area contributed by atoms with Crippen LogP contribution in [0.5, 0.6) is 5.75 Å². The molecule has 0 bridgehead atoms. The molecular weight excluding hydrogens is 656 g/mol. The van der Waals surface area contributed by atoms with E-state index in [0.29, 0.717) is 59.1 Å². The Balaban J connectivity index is 1.32. The quantitative estimate of drug-likeness (QED) is 0.132. The second-order valence-corrected chi connectivity index (χ2v) is 12.4. The fourth-order valence-electron chi connectivity index (χ4n) is 7.04. The van der Waals surface area contributed by atoms with Gasteiger partial charge in [-0.15, -0.1) is 0 Å². The number of allylic oxidation sites excluding steroid dienone is 1. The summed E-state index contributed by atoms with van der Waals surface area (Å²) >= 11 is 0. The van der Waals surface area contributed by atoms with E-state index < -0.39 is 64.8 Å². The topological polar surface area (TPSA) is 89.2 Å². The highest BCUT2D eigenvalue weighted by Crippen LogP contribution is 2.51. The molecule has 2 fully saturated rings. The van der Waals surface area contributed by atoms with E-state index in [1.54, 1.807) is 36.4 Å². The van der Waals surface area contributed by atoms with E-state index in [0.717, 1.165) is 11.1 Å². The fourth-order valence-corrected chi connectivity index (χ4v) is 7.04. The summed E-state index contributed by atoms with van der Waals surface area (Å²) in [6.45, 7) is 1.85. The molecule has 1 aliphatic carbocycles. The lowest BCUT2D eigenvalue weighted by Crippen LogP contribution is -2.35. The number of aliphatic hydroxyl groups excluding tert-OH is 1. The Morgan fingerprint density at radius 1 is 0.959 bits per heavy atom. The van der Waals surface area contributed by atoms with Crippen molar-refractivity contribution in [3.63, 3.8) is 0 Å². The number of alkyl halides is 6. The second kappa shape index (κ2) is 13.5. The zero-order chi connectivity index (χ0) is 35.1. The third-order valence-corrected chi connectivity index (χ3v) is 9.36. The first-order valence-corrected chi connectivity index (χ1v) is 15.9. The number of carbonyl (C=O) groups excluding carboxylic acids is 2. The highest BCUT2D eigenvalue weighted by molar-refractivity contribution is 6.22. The Bertz CT molecular complexity index is 1740. The van der Waals surface area contributed by atoms with Crippen LogP contribution in [-0.2, 0) is 33.3 Å². The number of ether oxygens (including phenoxy) is 2. The van der Waals surface area contributed by atoms with Crippen molar-refractivity contribution in [2.75, 3.05) is 18.1 Å². The van der Waals surface area contributed by atoms with Crippen LogP contribution in [0.2, 0.25) is 0 Å². The zero-order valence-corrected chi connectivity index (χ0v) is 26.3. The molecular formula is C36H33F6NO6. The van der Waals surface area contributed by atoms with E-state index in [9.17, 15) is 41.0 Å². The van der Waals surface area contributed by atoms with Crippen LogP contribution in [-0.4, -0.2) is 36.2 Å². The van der Waals surface area contributed by atoms with E-state index in [4.69, 9.17) is 13.9 Å². The number of anilines is 1. The molecule has 4 atom stereocenters. The number of benzene rings is 2. The van der Waals surface area contributed by atoms with Gasteiger partial charge in [0.1, 0.15) is 30.5 Å². The molecule has 1 aromatic heterocycles. The molecule has 0 radical (unpaired) electrons. The number of aliphatic hydroxyl groups is 1. The average Bonchev–Trinajstić information content (AvgIpc) is 3.77. The Morgan fingerprint density at radius 3 is 2.27 bits per heavy atom. The van der Waals surface area contributed by atoms with Crippen LogP contribution in [0.1, 0.15) is 55.3 Å². The maximum Gasteiger partial charge on any atom is 0.416 e. The maximum atomic E-state index is 13.9. The minimum Gasteiger partial charge on any atom is -0.489 e. The number of para-hydroxylation sites is 1. The predicted octanol–water partition coefficient (Wildman–Crippen LogP) is 7.98. The lowest BCUT2D eigenvalue weighted by molar-refractivity contribution is -0.143. The Kier molecular flexibility index (Phi) is 9.51. The van der Waals surface area contributed by atoms with Gasteiger partial charge in [0.2, 0.25) is 11.8 Å². The van der Waals surface area contributed by atoms with Gasteiger partial charge in [0.05, 0.1) is 41.4 Å². The van der Waals surface area contributed by atoms with E-state index in [2.05, 4.69) is 0 Å². The van der Waals surface area contributed by atoms with Crippen molar-refractivity contribution < 1.29 is 54.9 Å². The number of amides is 2. The zero-order valence-electron chi connectivity index (χ0n) is 26.3. The van der Waals surface area contributed by atoms with Crippen molar-refractivity contribution in [2.24, 2.45) is 17.8 Å². The van der Waals surface area contributed by atoms with E-state index in [-0.39, 0.29) is 32.3 Å². The van der Waals surface area contributed by atoms with Crippen molar-refractivity contribution in [1.82, 2.24) is 0 Å². The standard InChI is InChI=1S/C36H33F6NO6/c1-2-20(12-26-9-10-27(17-44)49-26)8-11-30-31-21(18-47-25-6-4-3-5-7-25)13-28-32(29(31)19-48-30)34(46)43(33(28)45)24-15-22(35(37,38)39)14-23(16-24)36(40,41)42/h3-7,9-10,12,14-16,28-30,32,44H,2,8,11,13,17-19H2,1H3/b20-12+/t28-,29+,30-,32-/m1/s1. The molecule has 260 valence electrons. The number of nitrogens with zero attached hydrogens (tertiary/aromatic N) is 1. The molecule has 3 aliphatic rings. The molecule has 2 amide bonds. The number of imide groups is 1. The molecule has 0 saturated carbocycles. The van der Waals surface area contributed by atoms with Crippen LogP contribution < -0.4 is 9.64 Å². The van der Waals surface area contributed by atoms with Gasteiger partial charge in [-0.05, 0) is 85.4 Å². The van der Waals surface area contributed by atoms with Crippen LogP contribution in [0.4, 0.5) is 32.0 Å². The van der Waals surface area contributed by atoms with Crippen LogP contribution >= 0.6 is 0 Å². The van der Waals surface area contributed by atoms with Gasteiger partial charge in [-0.1, -0.05) is 30.7 Å². The summed E-state index contributed by atoms with van der Waals surface area (Å²) in [5.41, 5.74) is -1.49. The minimum absolute atomic E-state index is 0.0299. The molecule has 2 aromatic carbocycles. The third kappa shape index (κ3) is 7.04. The number of hydrogen-bond acceptors (Lipinski definition) is 6. The maximum absolute atomic E-state index is 13.9. The summed E-state index contributed by atoms with van der Waals surface area (Å²) in [7, 11) is 0. The summed E-state index contributed by atoms with van der Waals surface area (Å²) in [5, 5.41) is 9.33. The monoisotopic (exact) mass is 689 g/mol. The molecule has 49 heavy (non-hydrogen) atoms. The van der Waals surface area contributed by atoms with Gasteiger partial charge in [0.15, 0.2) is 0 Å². The highest BCUT2D eigenvalue weighted by Gasteiger charge is 2.57. The first-order valence-electron chi connectivity index (χ1n) is 15.9. The summed E-state index contributed by atoms with van der Waals surface area (Å²) in [4.78, 5) is 28.2. The van der Waals surface area contributed by atoms with Crippen molar-refractivity contribution in [3.8, 4) is 5.75 Å².